The lowest BCUT2D eigenvalue weighted by Crippen LogP contribution is -2.49. The number of anilines is 1. The molecule has 3 rings (SSSR count). The van der Waals surface area contributed by atoms with Gasteiger partial charge in [0.1, 0.15) is 5.75 Å². The van der Waals surface area contributed by atoms with E-state index < -0.39 is 12.0 Å². The molecule has 1 aromatic rings. The topological polar surface area (TPSA) is 116 Å². The molecule has 0 atom stereocenters. The highest BCUT2D eigenvalue weighted by atomic mass is 16.5. The van der Waals surface area contributed by atoms with Crippen LogP contribution in [0.25, 0.3) is 0 Å². The molecular weight excluding hydrogens is 378 g/mol. The third-order valence-electron chi connectivity index (χ3n) is 5.22. The average Bonchev–Trinajstić information content (AvgIpc) is 2.68. The minimum Gasteiger partial charge on any atom is -0.492 e. The van der Waals surface area contributed by atoms with Gasteiger partial charge in [-0.05, 0) is 43.9 Å². The number of carbonyl (C=O) groups excluding carboxylic acids is 3. The summed E-state index contributed by atoms with van der Waals surface area (Å²) in [4.78, 5) is 50.7. The molecule has 9 nitrogen and oxygen atoms in total. The summed E-state index contributed by atoms with van der Waals surface area (Å²) in [6.45, 7) is 3.43. The van der Waals surface area contributed by atoms with E-state index in [2.05, 4.69) is 5.32 Å². The molecule has 2 aliphatic heterocycles. The lowest BCUT2D eigenvalue weighted by atomic mass is 9.93. The second-order valence-corrected chi connectivity index (χ2v) is 7.20. The Hall–Kier alpha value is -3.10. The van der Waals surface area contributed by atoms with Crippen molar-refractivity contribution < 1.29 is 29.0 Å². The van der Waals surface area contributed by atoms with Crippen molar-refractivity contribution in [3.63, 3.8) is 0 Å². The Balaban J connectivity index is 1.78. The van der Waals surface area contributed by atoms with Crippen LogP contribution in [0.4, 0.5) is 10.5 Å². The van der Waals surface area contributed by atoms with Gasteiger partial charge in [0.15, 0.2) is 0 Å². The quantitative estimate of drug-likeness (QED) is 0.749. The van der Waals surface area contributed by atoms with Crippen molar-refractivity contribution in [3.8, 4) is 5.75 Å². The van der Waals surface area contributed by atoms with E-state index in [0.29, 0.717) is 49.5 Å². The standard InChI is InChI=1S/C20H25N3O6/c1-2-29-16-4-3-14(12-15(16)23-10-7-17(24)21-20(23)28)19(27)22-8-5-13(6-9-22)11-18(25)26/h3-4,12-13H,2,5-11H2,1H3,(H,25,26)(H,21,24,28). The molecule has 9 heteroatoms. The summed E-state index contributed by atoms with van der Waals surface area (Å²) in [5, 5.41) is 11.2. The lowest BCUT2D eigenvalue weighted by Gasteiger charge is -2.32. The van der Waals surface area contributed by atoms with Crippen molar-refractivity contribution in [2.75, 3.05) is 31.1 Å². The Morgan fingerprint density at radius 3 is 2.55 bits per heavy atom. The van der Waals surface area contributed by atoms with Crippen LogP contribution in [0.3, 0.4) is 0 Å². The number of nitrogens with one attached hydrogen (secondary N) is 1. The third-order valence-corrected chi connectivity index (χ3v) is 5.22. The van der Waals surface area contributed by atoms with Crippen molar-refractivity contribution in [3.05, 3.63) is 23.8 Å². The van der Waals surface area contributed by atoms with Gasteiger partial charge in [-0.2, -0.15) is 0 Å². The molecule has 2 aliphatic rings. The Morgan fingerprint density at radius 2 is 1.93 bits per heavy atom. The molecule has 0 aromatic heterocycles. The monoisotopic (exact) mass is 403 g/mol. The largest absolute Gasteiger partial charge is 0.492 e. The number of carboxylic acid groups (broad SMARTS) is 1. The van der Waals surface area contributed by atoms with Crippen LogP contribution in [0, 0.1) is 5.92 Å². The summed E-state index contributed by atoms with van der Waals surface area (Å²) in [7, 11) is 0. The fourth-order valence-electron chi connectivity index (χ4n) is 3.70. The van der Waals surface area contributed by atoms with Gasteiger partial charge in [0.2, 0.25) is 5.91 Å². The molecule has 2 heterocycles. The molecule has 29 heavy (non-hydrogen) atoms. The van der Waals surface area contributed by atoms with Gasteiger partial charge in [-0.25, -0.2) is 4.79 Å². The van der Waals surface area contributed by atoms with Gasteiger partial charge < -0.3 is 14.7 Å². The number of likely N-dealkylation sites (tertiary alicyclic amines) is 1. The Kier molecular flexibility index (Phi) is 6.36. The number of rotatable bonds is 6. The Bertz CT molecular complexity index is 816. The maximum absolute atomic E-state index is 13.0. The van der Waals surface area contributed by atoms with Crippen LogP contribution in [0.1, 0.15) is 43.0 Å². The van der Waals surface area contributed by atoms with Gasteiger partial charge in [-0.15, -0.1) is 0 Å². The van der Waals surface area contributed by atoms with Crippen LogP contribution in [0.15, 0.2) is 18.2 Å². The van der Waals surface area contributed by atoms with E-state index in [1.165, 1.54) is 4.90 Å². The first-order valence-corrected chi connectivity index (χ1v) is 9.78. The number of nitrogens with zero attached hydrogens (tertiary/aromatic N) is 2. The van der Waals surface area contributed by atoms with Crippen molar-refractivity contribution >= 4 is 29.5 Å². The minimum absolute atomic E-state index is 0.0852. The van der Waals surface area contributed by atoms with E-state index in [4.69, 9.17) is 9.84 Å². The van der Waals surface area contributed by atoms with Crippen LogP contribution < -0.4 is 15.0 Å². The molecule has 0 spiro atoms. The van der Waals surface area contributed by atoms with Gasteiger partial charge in [0.25, 0.3) is 5.91 Å². The van der Waals surface area contributed by atoms with Crippen molar-refractivity contribution in [1.29, 1.82) is 0 Å². The number of ether oxygens (including phenoxy) is 1. The first kappa shape index (κ1) is 20.6. The lowest BCUT2D eigenvalue weighted by molar-refractivity contribution is -0.138. The molecule has 156 valence electrons. The van der Waals surface area contributed by atoms with Gasteiger partial charge in [-0.1, -0.05) is 0 Å². The maximum atomic E-state index is 13.0. The van der Waals surface area contributed by atoms with E-state index in [-0.39, 0.29) is 37.1 Å². The summed E-state index contributed by atoms with van der Waals surface area (Å²) in [6, 6.07) is 4.40. The number of hydrogen-bond donors (Lipinski definition) is 2. The number of carboxylic acids is 1. The van der Waals surface area contributed by atoms with Crippen molar-refractivity contribution in [2.45, 2.75) is 32.6 Å². The fraction of sp³-hybridized carbons (Fsp3) is 0.500. The smallest absolute Gasteiger partial charge is 0.328 e. The first-order chi connectivity index (χ1) is 13.9. The summed E-state index contributed by atoms with van der Waals surface area (Å²) in [5.41, 5.74) is 0.869. The zero-order valence-corrected chi connectivity index (χ0v) is 16.3. The molecular formula is C20H25N3O6. The second-order valence-electron chi connectivity index (χ2n) is 7.20. The zero-order chi connectivity index (χ0) is 21.0. The number of hydrogen-bond acceptors (Lipinski definition) is 5. The maximum Gasteiger partial charge on any atom is 0.328 e. The predicted molar refractivity (Wildman–Crippen MR) is 104 cm³/mol. The number of urea groups is 1. The van der Waals surface area contributed by atoms with Gasteiger partial charge >= 0.3 is 12.0 Å². The van der Waals surface area contributed by atoms with Crippen LogP contribution >= 0.6 is 0 Å². The molecule has 4 amide bonds. The number of aliphatic carboxylic acids is 1. The van der Waals surface area contributed by atoms with E-state index in [9.17, 15) is 19.2 Å². The summed E-state index contributed by atoms with van der Waals surface area (Å²) in [6.07, 6.45) is 1.60. The van der Waals surface area contributed by atoms with E-state index in [1.54, 1.807) is 23.1 Å². The number of imide groups is 1. The predicted octanol–water partition coefficient (Wildman–Crippen LogP) is 1.86. The summed E-state index contributed by atoms with van der Waals surface area (Å²) < 4.78 is 5.61. The molecule has 2 fully saturated rings. The number of piperidine rings is 1. The third kappa shape index (κ3) is 4.85. The molecule has 0 unspecified atom stereocenters. The number of benzene rings is 1. The Morgan fingerprint density at radius 1 is 1.21 bits per heavy atom. The van der Waals surface area contributed by atoms with Crippen molar-refractivity contribution in [1.82, 2.24) is 10.2 Å². The highest BCUT2D eigenvalue weighted by Gasteiger charge is 2.29. The van der Waals surface area contributed by atoms with Crippen LogP contribution in [0.2, 0.25) is 0 Å². The SMILES string of the molecule is CCOc1ccc(C(=O)N2CCC(CC(=O)O)CC2)cc1N1CCC(=O)NC1=O. The van der Waals surface area contributed by atoms with E-state index in [1.807, 2.05) is 6.92 Å². The summed E-state index contributed by atoms with van der Waals surface area (Å²) in [5.74, 6) is -0.766. The van der Waals surface area contributed by atoms with Crippen molar-refractivity contribution in [2.24, 2.45) is 5.92 Å². The van der Waals surface area contributed by atoms with Crippen LogP contribution in [-0.2, 0) is 9.59 Å². The summed E-state index contributed by atoms with van der Waals surface area (Å²) >= 11 is 0. The van der Waals surface area contributed by atoms with E-state index in [0.717, 1.165) is 0 Å². The van der Waals surface area contributed by atoms with Gasteiger partial charge in [0, 0.05) is 38.0 Å². The van der Waals surface area contributed by atoms with Gasteiger partial charge in [-0.3, -0.25) is 24.6 Å². The van der Waals surface area contributed by atoms with E-state index >= 15 is 0 Å². The molecule has 0 aliphatic carbocycles. The van der Waals surface area contributed by atoms with Gasteiger partial charge in [0.05, 0.1) is 12.3 Å². The molecule has 2 N–H and O–H groups in total. The number of carbonyl (C=O) groups is 4. The highest BCUT2D eigenvalue weighted by molar-refractivity contribution is 6.07. The first-order valence-electron chi connectivity index (χ1n) is 9.78. The molecule has 1 aromatic carbocycles. The molecule has 0 radical (unpaired) electrons. The average molecular weight is 403 g/mol. The fourth-order valence-corrected chi connectivity index (χ4v) is 3.70. The normalized spacial score (nSPS) is 17.8. The zero-order valence-electron chi connectivity index (χ0n) is 16.3. The molecule has 2 saturated heterocycles. The minimum atomic E-state index is -0.816. The Labute approximate surface area is 168 Å². The van der Waals surface area contributed by atoms with Crippen LogP contribution in [-0.4, -0.2) is 60.1 Å². The van der Waals surface area contributed by atoms with Crippen LogP contribution in [0.5, 0.6) is 5.75 Å². The second kappa shape index (κ2) is 8.93. The highest BCUT2D eigenvalue weighted by Crippen LogP contribution is 2.32. The molecule has 0 saturated carbocycles. The number of amides is 4. The molecule has 0 bridgehead atoms.